The zero-order valence-electron chi connectivity index (χ0n) is 17.5. The Balaban J connectivity index is 1.87. The van der Waals surface area contributed by atoms with Crippen LogP contribution in [0.2, 0.25) is 0 Å². The maximum absolute atomic E-state index is 14.6. The van der Waals surface area contributed by atoms with Crippen molar-refractivity contribution in [2.45, 2.75) is 27.2 Å². The number of rotatable bonds is 7. The molecule has 158 valence electrons. The van der Waals surface area contributed by atoms with E-state index in [0.717, 1.165) is 27.4 Å². The third-order valence-electron chi connectivity index (χ3n) is 5.13. The predicted molar refractivity (Wildman–Crippen MR) is 124 cm³/mol. The Morgan fingerprint density at radius 1 is 1.10 bits per heavy atom. The number of benzene rings is 2. The van der Waals surface area contributed by atoms with Gasteiger partial charge in [0.1, 0.15) is 5.82 Å². The molecule has 0 atom stereocenters. The van der Waals surface area contributed by atoms with E-state index in [9.17, 15) is 12.8 Å². The van der Waals surface area contributed by atoms with Gasteiger partial charge < -0.3 is 4.57 Å². The van der Waals surface area contributed by atoms with Gasteiger partial charge in [-0.15, -0.1) is 0 Å². The fraction of sp³-hybridized carbons (Fsp3) is 0.261. The second-order valence-electron chi connectivity index (χ2n) is 7.41. The predicted octanol–water partition coefficient (Wildman–Crippen LogP) is 4.90. The molecule has 0 aliphatic heterocycles. The Bertz CT molecular complexity index is 1200. The fourth-order valence-corrected chi connectivity index (χ4v) is 4.43. The molecule has 2 aromatic carbocycles. The zero-order valence-corrected chi connectivity index (χ0v) is 19.1. The maximum atomic E-state index is 14.6. The lowest BCUT2D eigenvalue weighted by Crippen LogP contribution is -2.15. The highest BCUT2D eigenvalue weighted by Crippen LogP contribution is 2.24. The fourth-order valence-electron chi connectivity index (χ4n) is 3.37. The van der Waals surface area contributed by atoms with E-state index in [4.69, 9.17) is 12.2 Å². The van der Waals surface area contributed by atoms with Gasteiger partial charge in [0.05, 0.1) is 22.0 Å². The summed E-state index contributed by atoms with van der Waals surface area (Å²) in [7, 11) is -1.51. The lowest BCUT2D eigenvalue weighted by Gasteiger charge is -2.12. The highest BCUT2D eigenvalue weighted by Gasteiger charge is 2.17. The first-order valence-corrected chi connectivity index (χ1v) is 11.7. The van der Waals surface area contributed by atoms with Crippen molar-refractivity contribution in [1.29, 1.82) is 0 Å². The van der Waals surface area contributed by atoms with Gasteiger partial charge >= 0.3 is 0 Å². The number of hydrogen-bond donors (Lipinski definition) is 1. The molecule has 1 heterocycles. The monoisotopic (exact) mass is 444 g/mol. The Labute approximate surface area is 182 Å². The van der Waals surface area contributed by atoms with Crippen molar-refractivity contribution in [3.63, 3.8) is 0 Å². The third-order valence-corrected chi connectivity index (χ3v) is 6.87. The van der Waals surface area contributed by atoms with E-state index in [-0.39, 0.29) is 11.4 Å². The van der Waals surface area contributed by atoms with E-state index in [1.807, 2.05) is 55.8 Å². The van der Waals surface area contributed by atoms with Crippen LogP contribution in [0.25, 0.3) is 0 Å². The summed E-state index contributed by atoms with van der Waals surface area (Å²) in [5.41, 5.74) is 5.77. The van der Waals surface area contributed by atoms with E-state index in [1.165, 1.54) is 18.6 Å². The molecule has 0 aliphatic rings. The number of nitrogens with one attached hydrogen (secondary N) is 1. The van der Waals surface area contributed by atoms with Gasteiger partial charge in [0.15, 0.2) is 0 Å². The van der Waals surface area contributed by atoms with Gasteiger partial charge in [-0.1, -0.05) is 48.1 Å². The van der Waals surface area contributed by atoms with Crippen LogP contribution in [0.5, 0.6) is 0 Å². The van der Waals surface area contributed by atoms with Gasteiger partial charge in [-0.25, -0.2) is 12.8 Å². The summed E-state index contributed by atoms with van der Waals surface area (Å²) in [4.78, 5) is 0.756. The number of halogens is 1. The Hall–Kier alpha value is -2.51. The van der Waals surface area contributed by atoms with E-state index >= 15 is 0 Å². The molecule has 0 saturated carbocycles. The number of anilines is 1. The molecule has 0 aliphatic carbocycles. The van der Waals surface area contributed by atoms with Crippen LogP contribution < -0.4 is 4.72 Å². The van der Waals surface area contributed by atoms with Crippen molar-refractivity contribution in [3.05, 3.63) is 88.0 Å². The lowest BCUT2D eigenvalue weighted by molar-refractivity contribution is 0.602. The van der Waals surface area contributed by atoms with Crippen molar-refractivity contribution in [2.24, 2.45) is 7.05 Å². The van der Waals surface area contributed by atoms with Gasteiger partial charge in [-0.05, 0) is 55.7 Å². The molecule has 0 unspecified atom stereocenters. The second-order valence-corrected chi connectivity index (χ2v) is 9.83. The van der Waals surface area contributed by atoms with Crippen LogP contribution in [0.1, 0.15) is 40.6 Å². The van der Waals surface area contributed by atoms with Crippen LogP contribution >= 0.6 is 12.2 Å². The number of hydrogen-bond acceptors (Lipinski definition) is 3. The SMILES string of the molecule is CCS(=O)(=O)Nc1ccc(Cc2cc(C)c(C(=S)c3ccc(C)cc3)n2C)c(F)c1. The van der Waals surface area contributed by atoms with Crippen molar-refractivity contribution in [1.82, 2.24) is 4.57 Å². The maximum Gasteiger partial charge on any atom is 0.232 e. The van der Waals surface area contributed by atoms with Crippen LogP contribution in [0.4, 0.5) is 10.1 Å². The van der Waals surface area contributed by atoms with Crippen molar-refractivity contribution < 1.29 is 12.8 Å². The average Bonchev–Trinajstić information content (AvgIpc) is 2.97. The highest BCUT2D eigenvalue weighted by atomic mass is 32.2. The number of nitrogens with zero attached hydrogens (tertiary/aromatic N) is 1. The minimum absolute atomic E-state index is 0.0668. The van der Waals surface area contributed by atoms with E-state index in [0.29, 0.717) is 12.0 Å². The Morgan fingerprint density at radius 2 is 1.77 bits per heavy atom. The van der Waals surface area contributed by atoms with Crippen LogP contribution in [-0.2, 0) is 23.5 Å². The molecular formula is C23H25FN2O2S2. The van der Waals surface area contributed by atoms with Crippen LogP contribution in [0.3, 0.4) is 0 Å². The lowest BCUT2D eigenvalue weighted by atomic mass is 10.1. The highest BCUT2D eigenvalue weighted by molar-refractivity contribution is 7.92. The summed E-state index contributed by atoms with van der Waals surface area (Å²) < 4.78 is 42.4. The first-order valence-electron chi connectivity index (χ1n) is 9.66. The smallest absolute Gasteiger partial charge is 0.232 e. The van der Waals surface area contributed by atoms with Gasteiger partial charge in [0.25, 0.3) is 0 Å². The van der Waals surface area contributed by atoms with Crippen LogP contribution in [0, 0.1) is 19.7 Å². The summed E-state index contributed by atoms with van der Waals surface area (Å²) >= 11 is 5.73. The second kappa shape index (κ2) is 8.70. The van der Waals surface area contributed by atoms with E-state index in [2.05, 4.69) is 4.72 Å². The van der Waals surface area contributed by atoms with Gasteiger partial charge in [0.2, 0.25) is 10.0 Å². The molecule has 4 nitrogen and oxygen atoms in total. The van der Waals surface area contributed by atoms with E-state index in [1.54, 1.807) is 12.1 Å². The summed E-state index contributed by atoms with van der Waals surface area (Å²) in [6.45, 7) is 5.56. The summed E-state index contributed by atoms with van der Waals surface area (Å²) in [6.07, 6.45) is 0.375. The van der Waals surface area contributed by atoms with Crippen molar-refractivity contribution in [3.8, 4) is 0 Å². The minimum Gasteiger partial charge on any atom is -0.346 e. The molecule has 1 N–H and O–H groups in total. The van der Waals surface area contributed by atoms with Crippen LogP contribution in [-0.4, -0.2) is 23.6 Å². The largest absolute Gasteiger partial charge is 0.346 e. The molecule has 0 fully saturated rings. The molecule has 30 heavy (non-hydrogen) atoms. The third kappa shape index (κ3) is 4.79. The first kappa shape index (κ1) is 22.2. The standard InChI is InChI=1S/C23H25FN2O2S2/c1-5-30(27,28)25-19-11-10-18(21(24)14-19)13-20-12-16(3)22(26(20)4)23(29)17-8-6-15(2)7-9-17/h6-12,14,25H,5,13H2,1-4H3. The van der Waals surface area contributed by atoms with Crippen molar-refractivity contribution in [2.75, 3.05) is 10.5 Å². The van der Waals surface area contributed by atoms with Gasteiger partial charge in [-0.2, -0.15) is 0 Å². The van der Waals surface area contributed by atoms with Crippen LogP contribution in [0.15, 0.2) is 48.5 Å². The quantitative estimate of drug-likeness (QED) is 0.417. The number of aromatic nitrogens is 1. The molecule has 0 saturated heterocycles. The van der Waals surface area contributed by atoms with Gasteiger partial charge in [-0.3, -0.25) is 4.72 Å². The molecular weight excluding hydrogens is 419 g/mol. The molecule has 0 spiro atoms. The summed E-state index contributed by atoms with van der Waals surface area (Å²) in [5.74, 6) is -0.518. The summed E-state index contributed by atoms with van der Waals surface area (Å²) in [6, 6.07) is 14.5. The minimum atomic E-state index is -3.44. The zero-order chi connectivity index (χ0) is 22.1. The molecule has 1 aromatic heterocycles. The first-order chi connectivity index (χ1) is 14.1. The molecule has 3 aromatic rings. The number of thiocarbonyl (C=S) groups is 1. The average molecular weight is 445 g/mol. The molecule has 3 rings (SSSR count). The summed E-state index contributed by atoms with van der Waals surface area (Å²) in [5, 5.41) is 0. The molecule has 7 heteroatoms. The normalized spacial score (nSPS) is 11.5. The molecule has 0 radical (unpaired) electrons. The molecule has 0 amide bonds. The topological polar surface area (TPSA) is 51.1 Å². The number of sulfonamides is 1. The Morgan fingerprint density at radius 3 is 2.37 bits per heavy atom. The Kier molecular flexibility index (Phi) is 6.43. The van der Waals surface area contributed by atoms with Crippen molar-refractivity contribution >= 4 is 32.8 Å². The number of aryl methyl sites for hydroxylation is 2. The molecule has 0 bridgehead atoms. The van der Waals surface area contributed by atoms with Gasteiger partial charge in [0, 0.05) is 19.2 Å². The van der Waals surface area contributed by atoms with E-state index < -0.39 is 15.8 Å².